The Morgan fingerprint density at radius 1 is 0.917 bits per heavy atom. The van der Waals surface area contributed by atoms with Crippen LogP contribution in [0.15, 0.2) is 84.9 Å². The van der Waals surface area contributed by atoms with Crippen molar-refractivity contribution in [1.29, 1.82) is 0 Å². The second kappa shape index (κ2) is 15.2. The number of ether oxygens (including phenoxy) is 2. The highest BCUT2D eigenvalue weighted by atomic mass is 19.4. The molecule has 3 aromatic carbocycles. The minimum Gasteiger partial charge on any atom is -0.492 e. The van der Waals surface area contributed by atoms with E-state index < -0.39 is 30.2 Å². The molecule has 1 aromatic heterocycles. The van der Waals surface area contributed by atoms with Gasteiger partial charge in [-0.2, -0.15) is 17.6 Å². The number of benzene rings is 3. The SMILES string of the molecule is CN(C)C(=O)/C=C/CN(CCOc1ccc(/C(=C(/CC(F)(F)F)c2ccccc2)c2ccc3[nH]nc(F)c3c2)cc1)C(=O)OC(C)(C)C. The van der Waals surface area contributed by atoms with Crippen molar-refractivity contribution < 1.29 is 36.6 Å². The minimum atomic E-state index is -4.53. The van der Waals surface area contributed by atoms with Crippen molar-refractivity contribution >= 4 is 34.0 Å². The summed E-state index contributed by atoms with van der Waals surface area (Å²) in [4.78, 5) is 27.6. The van der Waals surface area contributed by atoms with Gasteiger partial charge in [-0.05, 0) is 72.9 Å². The standard InChI is InChI=1S/C36H38F4N4O4/c1-35(2,3)48-34(46)44(19-9-12-31(45)43(4)5)20-21-47-27-16-13-25(14-17-27)32(26-15-18-30-28(22-26)33(37)42-41-30)29(23-36(38,39)40)24-10-7-6-8-11-24/h6-18,22H,19-21,23H2,1-5H3,(H,41,42)/b12-9+,32-29+. The normalized spacial score (nSPS) is 12.6. The summed E-state index contributed by atoms with van der Waals surface area (Å²) in [5.74, 6) is -0.578. The molecule has 12 heteroatoms. The molecule has 2 amide bonds. The van der Waals surface area contributed by atoms with Crippen molar-refractivity contribution in [2.75, 3.05) is 33.8 Å². The number of aromatic nitrogens is 2. The van der Waals surface area contributed by atoms with Crippen LogP contribution < -0.4 is 4.74 Å². The molecule has 4 rings (SSSR count). The molecule has 0 aliphatic heterocycles. The number of aromatic amines is 1. The topological polar surface area (TPSA) is 87.8 Å². The summed E-state index contributed by atoms with van der Waals surface area (Å²) in [6, 6.07) is 19.5. The van der Waals surface area contributed by atoms with Crippen LogP contribution in [-0.2, 0) is 9.53 Å². The van der Waals surface area contributed by atoms with E-state index in [0.29, 0.717) is 28.0 Å². The molecule has 4 aromatic rings. The number of nitrogens with zero attached hydrogens (tertiary/aromatic N) is 3. The summed E-state index contributed by atoms with van der Waals surface area (Å²) in [6.45, 7) is 5.54. The molecule has 8 nitrogen and oxygen atoms in total. The molecular formula is C36H38F4N4O4. The molecule has 0 aliphatic rings. The number of rotatable bonds is 11. The average Bonchev–Trinajstić information content (AvgIpc) is 3.39. The van der Waals surface area contributed by atoms with Gasteiger partial charge in [0.05, 0.1) is 23.9 Å². The number of halogens is 4. The average molecular weight is 667 g/mol. The molecule has 48 heavy (non-hydrogen) atoms. The highest BCUT2D eigenvalue weighted by Gasteiger charge is 2.32. The summed E-state index contributed by atoms with van der Waals surface area (Å²) in [5.41, 5.74) is 1.20. The Hall–Kier alpha value is -5.13. The Morgan fingerprint density at radius 2 is 1.58 bits per heavy atom. The lowest BCUT2D eigenvalue weighted by Gasteiger charge is -2.26. The number of allylic oxidation sites excluding steroid dienone is 1. The number of carbonyl (C=O) groups excluding carboxylic acids is 2. The molecule has 1 heterocycles. The molecule has 0 spiro atoms. The van der Waals surface area contributed by atoms with E-state index in [9.17, 15) is 27.2 Å². The Balaban J connectivity index is 1.63. The van der Waals surface area contributed by atoms with E-state index in [-0.39, 0.29) is 42.1 Å². The number of fused-ring (bicyclic) bond motifs is 1. The fraction of sp³-hybridized carbons (Fsp3) is 0.306. The molecule has 0 saturated carbocycles. The first-order chi connectivity index (χ1) is 22.6. The van der Waals surface area contributed by atoms with Crippen LogP contribution in [0.2, 0.25) is 0 Å². The lowest BCUT2D eigenvalue weighted by molar-refractivity contribution is -0.124. The third kappa shape index (κ3) is 9.93. The number of hydrogen-bond donors (Lipinski definition) is 1. The maximum absolute atomic E-state index is 14.5. The van der Waals surface area contributed by atoms with Crippen molar-refractivity contribution in [1.82, 2.24) is 20.0 Å². The molecule has 0 unspecified atom stereocenters. The van der Waals surface area contributed by atoms with Crippen LogP contribution in [0.25, 0.3) is 22.0 Å². The van der Waals surface area contributed by atoms with Crippen LogP contribution in [0.3, 0.4) is 0 Å². The van der Waals surface area contributed by atoms with Crippen LogP contribution in [0.5, 0.6) is 5.75 Å². The second-order valence-corrected chi connectivity index (χ2v) is 12.2. The third-order valence-electron chi connectivity index (χ3n) is 7.06. The zero-order valence-electron chi connectivity index (χ0n) is 27.4. The van der Waals surface area contributed by atoms with Gasteiger partial charge in [0.25, 0.3) is 0 Å². The van der Waals surface area contributed by atoms with Gasteiger partial charge < -0.3 is 19.3 Å². The van der Waals surface area contributed by atoms with E-state index in [4.69, 9.17) is 9.47 Å². The summed E-state index contributed by atoms with van der Waals surface area (Å²) in [7, 11) is 3.24. The van der Waals surface area contributed by atoms with Gasteiger partial charge in [0.1, 0.15) is 18.0 Å². The van der Waals surface area contributed by atoms with Crippen molar-refractivity contribution in [2.24, 2.45) is 0 Å². The minimum absolute atomic E-state index is 0.0221. The third-order valence-corrected chi connectivity index (χ3v) is 7.06. The number of alkyl halides is 3. The van der Waals surface area contributed by atoms with Crippen molar-refractivity contribution in [3.05, 3.63) is 108 Å². The van der Waals surface area contributed by atoms with Gasteiger partial charge in [-0.3, -0.25) is 9.89 Å². The van der Waals surface area contributed by atoms with E-state index in [1.54, 1.807) is 108 Å². The van der Waals surface area contributed by atoms with Crippen LogP contribution in [0.4, 0.5) is 22.4 Å². The molecule has 0 atom stereocenters. The number of likely N-dealkylation sites (N-methyl/N-ethyl adjacent to an activating group) is 1. The molecule has 254 valence electrons. The first-order valence-electron chi connectivity index (χ1n) is 15.2. The van der Waals surface area contributed by atoms with Crippen LogP contribution >= 0.6 is 0 Å². The van der Waals surface area contributed by atoms with Gasteiger partial charge in [-0.25, -0.2) is 4.79 Å². The molecule has 0 radical (unpaired) electrons. The van der Waals surface area contributed by atoms with Crippen molar-refractivity contribution in [3.63, 3.8) is 0 Å². The summed E-state index contributed by atoms with van der Waals surface area (Å²) < 4.78 is 68.0. The van der Waals surface area contributed by atoms with Gasteiger partial charge in [0, 0.05) is 26.7 Å². The number of hydrogen-bond acceptors (Lipinski definition) is 5. The van der Waals surface area contributed by atoms with Crippen molar-refractivity contribution in [3.8, 4) is 5.75 Å². The summed E-state index contributed by atoms with van der Waals surface area (Å²) in [6.07, 6.45) is -3.40. The number of H-pyrrole nitrogens is 1. The molecule has 0 saturated heterocycles. The van der Waals surface area contributed by atoms with Gasteiger partial charge >= 0.3 is 12.3 Å². The van der Waals surface area contributed by atoms with E-state index in [1.807, 2.05) is 0 Å². The molecule has 1 N–H and O–H groups in total. The fourth-order valence-corrected chi connectivity index (χ4v) is 4.83. The maximum Gasteiger partial charge on any atom is 0.410 e. The first-order valence-corrected chi connectivity index (χ1v) is 15.2. The zero-order chi connectivity index (χ0) is 35.1. The van der Waals surface area contributed by atoms with E-state index >= 15 is 0 Å². The fourth-order valence-electron chi connectivity index (χ4n) is 4.83. The van der Waals surface area contributed by atoms with Gasteiger partial charge in [0.2, 0.25) is 11.9 Å². The molecule has 0 bridgehead atoms. The molecule has 0 fully saturated rings. The summed E-state index contributed by atoms with van der Waals surface area (Å²) in [5, 5.41) is 6.31. The van der Waals surface area contributed by atoms with Crippen LogP contribution in [-0.4, -0.2) is 77.6 Å². The van der Waals surface area contributed by atoms with Crippen LogP contribution in [0.1, 0.15) is 43.9 Å². The van der Waals surface area contributed by atoms with Gasteiger partial charge in [-0.1, -0.05) is 54.6 Å². The Bertz CT molecular complexity index is 1770. The predicted molar refractivity (Wildman–Crippen MR) is 177 cm³/mol. The van der Waals surface area contributed by atoms with E-state index in [1.165, 1.54) is 21.9 Å². The summed E-state index contributed by atoms with van der Waals surface area (Å²) >= 11 is 0. The molecular weight excluding hydrogens is 628 g/mol. The zero-order valence-corrected chi connectivity index (χ0v) is 27.4. The van der Waals surface area contributed by atoms with Crippen molar-refractivity contribution in [2.45, 2.75) is 39.0 Å². The number of amides is 2. The highest BCUT2D eigenvalue weighted by molar-refractivity contribution is 6.00. The Morgan fingerprint density at radius 3 is 2.21 bits per heavy atom. The Kier molecular flexibility index (Phi) is 11.3. The quantitative estimate of drug-likeness (QED) is 0.100. The number of carbonyl (C=O) groups is 2. The van der Waals surface area contributed by atoms with E-state index in [2.05, 4.69) is 10.2 Å². The van der Waals surface area contributed by atoms with E-state index in [0.717, 1.165) is 0 Å². The van der Waals surface area contributed by atoms with Gasteiger partial charge in [-0.15, -0.1) is 5.10 Å². The van der Waals surface area contributed by atoms with Crippen LogP contribution in [0, 0.1) is 5.95 Å². The van der Waals surface area contributed by atoms with Gasteiger partial charge in [0.15, 0.2) is 0 Å². The highest BCUT2D eigenvalue weighted by Crippen LogP contribution is 2.40. The first kappa shape index (κ1) is 35.7. The Labute approximate surface area is 276 Å². The second-order valence-electron chi connectivity index (χ2n) is 12.2. The maximum atomic E-state index is 14.5. The lowest BCUT2D eigenvalue weighted by atomic mass is 9.87. The predicted octanol–water partition coefficient (Wildman–Crippen LogP) is 7.87. The largest absolute Gasteiger partial charge is 0.492 e. The lowest BCUT2D eigenvalue weighted by Crippen LogP contribution is -2.39. The number of nitrogens with one attached hydrogen (secondary N) is 1. The monoisotopic (exact) mass is 666 g/mol. The molecule has 0 aliphatic carbocycles. The smallest absolute Gasteiger partial charge is 0.410 e.